The molecule has 0 atom stereocenters. The summed E-state index contributed by atoms with van der Waals surface area (Å²) in [6.45, 7) is 4.04. The Labute approximate surface area is 154 Å². The molecule has 0 spiro atoms. The van der Waals surface area contributed by atoms with E-state index in [0.29, 0.717) is 23.7 Å². The Bertz CT molecular complexity index is 985. The number of nitrogens with one attached hydrogen (secondary N) is 1. The van der Waals surface area contributed by atoms with Crippen LogP contribution in [0.25, 0.3) is 11.4 Å². The van der Waals surface area contributed by atoms with Crippen LogP contribution in [0.4, 0.5) is 0 Å². The summed E-state index contributed by atoms with van der Waals surface area (Å²) in [5.74, 6) is 0.658. The van der Waals surface area contributed by atoms with Crippen molar-refractivity contribution in [2.45, 2.75) is 25.2 Å². The van der Waals surface area contributed by atoms with Crippen LogP contribution in [0, 0.1) is 13.8 Å². The van der Waals surface area contributed by atoms with E-state index in [1.807, 2.05) is 43.3 Å². The van der Waals surface area contributed by atoms with Crippen LogP contribution in [0.2, 0.25) is 0 Å². The van der Waals surface area contributed by atoms with Gasteiger partial charge < -0.3 is 0 Å². The Hall–Kier alpha value is -2.57. The van der Waals surface area contributed by atoms with Gasteiger partial charge in [0.15, 0.2) is 5.82 Å². The van der Waals surface area contributed by atoms with Gasteiger partial charge in [0.05, 0.1) is 4.90 Å². The summed E-state index contributed by atoms with van der Waals surface area (Å²) in [6, 6.07) is 15.0. The highest BCUT2D eigenvalue weighted by Crippen LogP contribution is 2.16. The van der Waals surface area contributed by atoms with Crippen molar-refractivity contribution < 1.29 is 8.42 Å². The minimum atomic E-state index is -3.52. The molecule has 0 unspecified atom stereocenters. The fourth-order valence-electron chi connectivity index (χ4n) is 2.73. The van der Waals surface area contributed by atoms with Crippen molar-refractivity contribution in [2.24, 2.45) is 0 Å². The van der Waals surface area contributed by atoms with Crippen LogP contribution in [-0.2, 0) is 16.4 Å². The van der Waals surface area contributed by atoms with Gasteiger partial charge in [-0.3, -0.25) is 0 Å². The lowest BCUT2D eigenvalue weighted by atomic mass is 10.2. The van der Waals surface area contributed by atoms with Crippen molar-refractivity contribution in [2.75, 3.05) is 6.54 Å². The molecule has 0 radical (unpaired) electrons. The summed E-state index contributed by atoms with van der Waals surface area (Å²) < 4.78 is 27.5. The molecule has 1 heterocycles. The second-order valence-electron chi connectivity index (χ2n) is 6.20. The molecule has 0 saturated heterocycles. The molecule has 0 bridgehead atoms. The Morgan fingerprint density at radius 2 is 1.65 bits per heavy atom. The molecular formula is C20H21N3O2S. The summed E-state index contributed by atoms with van der Waals surface area (Å²) in [4.78, 5) is 9.03. The van der Waals surface area contributed by atoms with Crippen LogP contribution in [-0.4, -0.2) is 24.9 Å². The highest BCUT2D eigenvalue weighted by Gasteiger charge is 2.16. The van der Waals surface area contributed by atoms with Gasteiger partial charge in [-0.25, -0.2) is 23.1 Å². The van der Waals surface area contributed by atoms with Crippen LogP contribution in [0.5, 0.6) is 0 Å². The highest BCUT2D eigenvalue weighted by atomic mass is 32.2. The number of aromatic nitrogens is 2. The maximum Gasteiger partial charge on any atom is 0.240 e. The van der Waals surface area contributed by atoms with Crippen molar-refractivity contribution in [3.63, 3.8) is 0 Å². The number of rotatable bonds is 6. The quantitative estimate of drug-likeness (QED) is 0.726. The molecular weight excluding hydrogens is 346 g/mol. The standard InChI is InChI=1S/C20H21N3O2S/c1-15-8-9-19(16(2)12-15)26(24,25)23-11-10-17-13-21-20(22-14-17)18-6-4-3-5-7-18/h3-9,12-14,23H,10-11H2,1-2H3. The lowest BCUT2D eigenvalue weighted by Crippen LogP contribution is -2.26. The second kappa shape index (κ2) is 7.76. The smallest absolute Gasteiger partial charge is 0.236 e. The molecule has 2 aromatic carbocycles. The third-order valence-corrected chi connectivity index (χ3v) is 5.68. The van der Waals surface area contributed by atoms with Gasteiger partial charge in [0, 0.05) is 24.5 Å². The van der Waals surface area contributed by atoms with Crippen molar-refractivity contribution in [1.29, 1.82) is 0 Å². The molecule has 3 aromatic rings. The zero-order valence-electron chi connectivity index (χ0n) is 14.8. The van der Waals surface area contributed by atoms with Gasteiger partial charge in [-0.2, -0.15) is 0 Å². The normalized spacial score (nSPS) is 11.5. The maximum absolute atomic E-state index is 12.5. The number of aryl methyl sites for hydroxylation is 2. The molecule has 26 heavy (non-hydrogen) atoms. The molecule has 0 fully saturated rings. The first-order valence-electron chi connectivity index (χ1n) is 8.39. The Kier molecular flexibility index (Phi) is 5.44. The van der Waals surface area contributed by atoms with Crippen LogP contribution < -0.4 is 4.72 Å². The van der Waals surface area contributed by atoms with E-state index in [1.165, 1.54) is 0 Å². The lowest BCUT2D eigenvalue weighted by molar-refractivity contribution is 0.581. The number of hydrogen-bond donors (Lipinski definition) is 1. The average molecular weight is 367 g/mol. The molecule has 0 saturated carbocycles. The average Bonchev–Trinajstić information content (AvgIpc) is 2.62. The molecule has 3 rings (SSSR count). The number of hydrogen-bond acceptors (Lipinski definition) is 4. The van der Waals surface area contributed by atoms with E-state index in [2.05, 4.69) is 14.7 Å². The third kappa shape index (κ3) is 4.33. The largest absolute Gasteiger partial charge is 0.240 e. The van der Waals surface area contributed by atoms with Crippen molar-refractivity contribution in [3.8, 4) is 11.4 Å². The molecule has 5 nitrogen and oxygen atoms in total. The Morgan fingerprint density at radius 1 is 0.962 bits per heavy atom. The van der Waals surface area contributed by atoms with Gasteiger partial charge in [0.1, 0.15) is 0 Å². The van der Waals surface area contributed by atoms with E-state index in [4.69, 9.17) is 0 Å². The minimum Gasteiger partial charge on any atom is -0.236 e. The lowest BCUT2D eigenvalue weighted by Gasteiger charge is -2.10. The topological polar surface area (TPSA) is 72.0 Å². The van der Waals surface area contributed by atoms with Crippen molar-refractivity contribution >= 4 is 10.0 Å². The summed E-state index contributed by atoms with van der Waals surface area (Å²) in [6.07, 6.45) is 4.00. The van der Waals surface area contributed by atoms with Crippen LogP contribution in [0.1, 0.15) is 16.7 Å². The molecule has 1 aromatic heterocycles. The SMILES string of the molecule is Cc1ccc(S(=O)(=O)NCCc2cnc(-c3ccccc3)nc2)c(C)c1. The van der Waals surface area contributed by atoms with E-state index in [9.17, 15) is 8.42 Å². The summed E-state index contributed by atoms with van der Waals surface area (Å²) >= 11 is 0. The van der Waals surface area contributed by atoms with Crippen LogP contribution >= 0.6 is 0 Å². The number of sulfonamides is 1. The monoisotopic (exact) mass is 367 g/mol. The second-order valence-corrected chi connectivity index (χ2v) is 7.93. The van der Waals surface area contributed by atoms with Crippen molar-refractivity contribution in [3.05, 3.63) is 77.6 Å². The summed E-state index contributed by atoms with van der Waals surface area (Å²) in [7, 11) is -3.52. The fraction of sp³-hybridized carbons (Fsp3) is 0.200. The minimum absolute atomic E-state index is 0.295. The molecule has 1 N–H and O–H groups in total. The van der Waals surface area contributed by atoms with E-state index < -0.39 is 10.0 Å². The number of benzene rings is 2. The summed E-state index contributed by atoms with van der Waals surface area (Å²) in [5, 5.41) is 0. The van der Waals surface area contributed by atoms with Crippen LogP contribution in [0.3, 0.4) is 0 Å². The van der Waals surface area contributed by atoms with E-state index in [1.54, 1.807) is 31.5 Å². The van der Waals surface area contributed by atoms with E-state index in [-0.39, 0.29) is 0 Å². The first-order chi connectivity index (χ1) is 12.5. The molecule has 0 amide bonds. The molecule has 6 heteroatoms. The van der Waals surface area contributed by atoms with Crippen molar-refractivity contribution in [1.82, 2.24) is 14.7 Å². The molecule has 0 aliphatic carbocycles. The highest BCUT2D eigenvalue weighted by molar-refractivity contribution is 7.89. The van der Waals surface area contributed by atoms with Gasteiger partial charge in [-0.1, -0.05) is 48.0 Å². The Morgan fingerprint density at radius 3 is 2.31 bits per heavy atom. The van der Waals surface area contributed by atoms with Gasteiger partial charge in [0.25, 0.3) is 0 Å². The van der Waals surface area contributed by atoms with Gasteiger partial charge in [-0.15, -0.1) is 0 Å². The van der Waals surface area contributed by atoms with Gasteiger partial charge in [-0.05, 0) is 37.5 Å². The molecule has 0 aliphatic rings. The first-order valence-corrected chi connectivity index (χ1v) is 9.87. The number of nitrogens with zero attached hydrogens (tertiary/aromatic N) is 2. The molecule has 0 aliphatic heterocycles. The van der Waals surface area contributed by atoms with Gasteiger partial charge >= 0.3 is 0 Å². The first kappa shape index (κ1) is 18.2. The Balaban J connectivity index is 1.62. The fourth-order valence-corrected chi connectivity index (χ4v) is 3.98. The van der Waals surface area contributed by atoms with E-state index >= 15 is 0 Å². The zero-order chi connectivity index (χ0) is 18.6. The summed E-state index contributed by atoms with van der Waals surface area (Å²) in [5.41, 5.74) is 3.62. The maximum atomic E-state index is 12.5. The predicted molar refractivity (Wildman–Crippen MR) is 102 cm³/mol. The molecule has 134 valence electrons. The third-order valence-electron chi connectivity index (χ3n) is 4.06. The predicted octanol–water partition coefficient (Wildman–Crippen LogP) is 3.28. The van der Waals surface area contributed by atoms with E-state index in [0.717, 1.165) is 22.3 Å². The zero-order valence-corrected chi connectivity index (χ0v) is 15.6. The van der Waals surface area contributed by atoms with Gasteiger partial charge in [0.2, 0.25) is 10.0 Å². The van der Waals surface area contributed by atoms with Crippen LogP contribution in [0.15, 0.2) is 65.8 Å².